The Morgan fingerprint density at radius 2 is 2.00 bits per heavy atom. The van der Waals surface area contributed by atoms with Gasteiger partial charge in [-0.2, -0.15) is 0 Å². The third-order valence-electron chi connectivity index (χ3n) is 3.24. The fraction of sp³-hybridized carbons (Fsp3) is 0.312. The number of carbonyl (C=O) groups is 2. The van der Waals surface area contributed by atoms with E-state index < -0.39 is 11.9 Å². The summed E-state index contributed by atoms with van der Waals surface area (Å²) in [6.07, 6.45) is 0. The molecule has 2 rings (SSSR count). The standard InChI is InChI=1S/C16H18N2O5/c1-10-15(11(2)23-18-10)16(20)22-9-14(19)17-8-12-6-4-5-7-13(12)21-3/h4-7H,8-9H2,1-3H3,(H,17,19). The van der Waals surface area contributed by atoms with Crippen LogP contribution in [0.1, 0.15) is 27.4 Å². The first-order valence-corrected chi connectivity index (χ1v) is 7.01. The number of rotatable bonds is 6. The van der Waals surface area contributed by atoms with E-state index in [0.29, 0.717) is 17.2 Å². The molecular weight excluding hydrogens is 300 g/mol. The first-order valence-electron chi connectivity index (χ1n) is 7.01. The summed E-state index contributed by atoms with van der Waals surface area (Å²) >= 11 is 0. The van der Waals surface area contributed by atoms with E-state index in [-0.39, 0.29) is 18.7 Å². The number of benzene rings is 1. The second kappa shape index (κ2) is 7.44. The van der Waals surface area contributed by atoms with E-state index in [1.165, 1.54) is 0 Å². The minimum Gasteiger partial charge on any atom is -0.496 e. The van der Waals surface area contributed by atoms with Crippen molar-refractivity contribution < 1.29 is 23.6 Å². The van der Waals surface area contributed by atoms with Crippen molar-refractivity contribution in [2.75, 3.05) is 13.7 Å². The van der Waals surface area contributed by atoms with Crippen molar-refractivity contribution in [2.24, 2.45) is 0 Å². The summed E-state index contributed by atoms with van der Waals surface area (Å²) in [6, 6.07) is 7.34. The van der Waals surface area contributed by atoms with Crippen molar-refractivity contribution in [1.29, 1.82) is 0 Å². The SMILES string of the molecule is COc1ccccc1CNC(=O)COC(=O)c1c(C)noc1C. The number of esters is 1. The highest BCUT2D eigenvalue weighted by Gasteiger charge is 2.19. The van der Waals surface area contributed by atoms with Gasteiger partial charge in [0.2, 0.25) is 0 Å². The van der Waals surface area contributed by atoms with Crippen molar-refractivity contribution >= 4 is 11.9 Å². The maximum atomic E-state index is 11.9. The normalized spacial score (nSPS) is 10.2. The Balaban J connectivity index is 1.85. The number of hydrogen-bond donors (Lipinski definition) is 1. The van der Waals surface area contributed by atoms with Crippen molar-refractivity contribution in [3.8, 4) is 5.75 Å². The molecule has 0 spiro atoms. The molecule has 0 saturated heterocycles. The van der Waals surface area contributed by atoms with E-state index in [4.69, 9.17) is 14.0 Å². The molecule has 1 aromatic heterocycles. The lowest BCUT2D eigenvalue weighted by Crippen LogP contribution is -2.28. The summed E-state index contributed by atoms with van der Waals surface area (Å²) in [5.41, 5.74) is 1.52. The van der Waals surface area contributed by atoms with Gasteiger partial charge < -0.3 is 19.3 Å². The molecule has 1 aromatic carbocycles. The third kappa shape index (κ3) is 4.09. The third-order valence-corrected chi connectivity index (χ3v) is 3.24. The van der Waals surface area contributed by atoms with Crippen molar-refractivity contribution in [3.63, 3.8) is 0 Å². The van der Waals surface area contributed by atoms with Gasteiger partial charge in [-0.25, -0.2) is 4.79 Å². The number of hydrogen-bond acceptors (Lipinski definition) is 6. The second-order valence-electron chi connectivity index (χ2n) is 4.86. The smallest absolute Gasteiger partial charge is 0.344 e. The van der Waals surface area contributed by atoms with Crippen molar-refractivity contribution in [3.05, 3.63) is 46.8 Å². The van der Waals surface area contributed by atoms with Crippen LogP contribution in [0.5, 0.6) is 5.75 Å². The Bertz CT molecular complexity index is 689. The minimum atomic E-state index is -0.631. The van der Waals surface area contributed by atoms with Gasteiger partial charge in [0, 0.05) is 12.1 Å². The van der Waals surface area contributed by atoms with E-state index in [1.54, 1.807) is 27.0 Å². The zero-order valence-electron chi connectivity index (χ0n) is 13.2. The van der Waals surface area contributed by atoms with Crippen LogP contribution in [0.15, 0.2) is 28.8 Å². The van der Waals surface area contributed by atoms with Crippen LogP contribution in [0.25, 0.3) is 0 Å². The highest BCUT2D eigenvalue weighted by molar-refractivity contribution is 5.93. The van der Waals surface area contributed by atoms with Crippen LogP contribution < -0.4 is 10.1 Å². The Morgan fingerprint density at radius 1 is 1.26 bits per heavy atom. The van der Waals surface area contributed by atoms with Crippen LogP contribution in [0.2, 0.25) is 0 Å². The molecule has 1 N–H and O–H groups in total. The summed E-state index contributed by atoms with van der Waals surface area (Å²) in [5.74, 6) is 0.00662. The Labute approximate surface area is 133 Å². The van der Waals surface area contributed by atoms with Crippen molar-refractivity contribution in [2.45, 2.75) is 20.4 Å². The Kier molecular flexibility index (Phi) is 5.35. The van der Waals surface area contributed by atoms with Crippen LogP contribution in [0.3, 0.4) is 0 Å². The minimum absolute atomic E-state index is 0.252. The zero-order chi connectivity index (χ0) is 16.8. The lowest BCUT2D eigenvalue weighted by atomic mass is 10.2. The molecule has 7 heteroatoms. The maximum absolute atomic E-state index is 11.9. The molecule has 0 atom stereocenters. The first-order chi connectivity index (χ1) is 11.0. The van der Waals surface area contributed by atoms with Gasteiger partial charge in [-0.1, -0.05) is 23.4 Å². The number of aromatic nitrogens is 1. The van der Waals surface area contributed by atoms with Crippen LogP contribution in [-0.2, 0) is 16.1 Å². The van der Waals surface area contributed by atoms with Crippen LogP contribution in [-0.4, -0.2) is 30.7 Å². The lowest BCUT2D eigenvalue weighted by Gasteiger charge is -2.09. The number of amides is 1. The van der Waals surface area contributed by atoms with Crippen LogP contribution in [0, 0.1) is 13.8 Å². The molecule has 1 amide bonds. The molecule has 0 fully saturated rings. The number of para-hydroxylation sites is 1. The highest BCUT2D eigenvalue weighted by Crippen LogP contribution is 2.16. The van der Waals surface area contributed by atoms with Gasteiger partial charge in [0.05, 0.1) is 12.8 Å². The van der Waals surface area contributed by atoms with Gasteiger partial charge in [0.1, 0.15) is 17.1 Å². The molecule has 23 heavy (non-hydrogen) atoms. The molecule has 0 aliphatic rings. The Morgan fingerprint density at radius 3 is 2.65 bits per heavy atom. The predicted octanol–water partition coefficient (Wildman–Crippen LogP) is 1.77. The topological polar surface area (TPSA) is 90.7 Å². The highest BCUT2D eigenvalue weighted by atomic mass is 16.5. The average molecular weight is 318 g/mol. The quantitative estimate of drug-likeness (QED) is 0.816. The van der Waals surface area contributed by atoms with Gasteiger partial charge in [0.25, 0.3) is 5.91 Å². The summed E-state index contributed by atoms with van der Waals surface area (Å²) in [5, 5.41) is 6.34. The first kappa shape index (κ1) is 16.5. The second-order valence-corrected chi connectivity index (χ2v) is 4.86. The number of methoxy groups -OCH3 is 1. The average Bonchev–Trinajstić information content (AvgIpc) is 2.89. The van der Waals surface area contributed by atoms with Gasteiger partial charge in [-0.05, 0) is 19.9 Å². The van der Waals surface area contributed by atoms with E-state index in [9.17, 15) is 9.59 Å². The summed E-state index contributed by atoms with van der Waals surface area (Å²) in [7, 11) is 1.56. The maximum Gasteiger partial charge on any atom is 0.344 e. The van der Waals surface area contributed by atoms with Crippen LogP contribution in [0.4, 0.5) is 0 Å². The number of nitrogens with one attached hydrogen (secondary N) is 1. The molecule has 0 aliphatic carbocycles. The van der Waals surface area contributed by atoms with E-state index >= 15 is 0 Å². The molecule has 122 valence electrons. The Hall–Kier alpha value is -2.83. The molecule has 0 aliphatic heterocycles. The van der Waals surface area contributed by atoms with Gasteiger partial charge in [0.15, 0.2) is 6.61 Å². The number of aryl methyl sites for hydroxylation is 2. The zero-order valence-corrected chi connectivity index (χ0v) is 13.2. The van der Waals surface area contributed by atoms with Gasteiger partial charge in [-0.3, -0.25) is 4.79 Å². The summed E-state index contributed by atoms with van der Waals surface area (Å²) in [6.45, 7) is 3.15. The van der Waals surface area contributed by atoms with E-state index in [1.807, 2.05) is 18.2 Å². The fourth-order valence-corrected chi connectivity index (χ4v) is 2.07. The van der Waals surface area contributed by atoms with E-state index in [2.05, 4.69) is 10.5 Å². The molecule has 0 saturated carbocycles. The molecule has 2 aromatic rings. The van der Waals surface area contributed by atoms with Gasteiger partial charge in [-0.15, -0.1) is 0 Å². The molecule has 1 heterocycles. The summed E-state index contributed by atoms with van der Waals surface area (Å²) in [4.78, 5) is 23.7. The van der Waals surface area contributed by atoms with Crippen molar-refractivity contribution in [1.82, 2.24) is 10.5 Å². The molecule has 0 radical (unpaired) electrons. The predicted molar refractivity (Wildman–Crippen MR) is 81.1 cm³/mol. The largest absolute Gasteiger partial charge is 0.496 e. The van der Waals surface area contributed by atoms with Gasteiger partial charge >= 0.3 is 5.97 Å². The summed E-state index contributed by atoms with van der Waals surface area (Å²) < 4.78 is 15.1. The number of carbonyl (C=O) groups excluding carboxylic acids is 2. The number of ether oxygens (including phenoxy) is 2. The molecule has 0 bridgehead atoms. The molecule has 7 nitrogen and oxygen atoms in total. The fourth-order valence-electron chi connectivity index (χ4n) is 2.07. The number of nitrogens with zero attached hydrogens (tertiary/aromatic N) is 1. The van der Waals surface area contributed by atoms with E-state index in [0.717, 1.165) is 5.56 Å². The molecular formula is C16H18N2O5. The lowest BCUT2D eigenvalue weighted by molar-refractivity contribution is -0.124. The monoisotopic (exact) mass is 318 g/mol. The van der Waals surface area contributed by atoms with Crippen LogP contribution >= 0.6 is 0 Å². The molecule has 0 unspecified atom stereocenters.